The molecule has 0 unspecified atom stereocenters. The fourth-order valence-electron chi connectivity index (χ4n) is 3.72. The number of hydrogen-bond acceptors (Lipinski definition) is 4. The van der Waals surface area contributed by atoms with Crippen molar-refractivity contribution in [1.29, 1.82) is 5.26 Å². The van der Waals surface area contributed by atoms with E-state index in [0.29, 0.717) is 40.4 Å². The topological polar surface area (TPSA) is 71.3 Å². The van der Waals surface area contributed by atoms with Gasteiger partial charge in [0, 0.05) is 9.26 Å². The minimum absolute atomic E-state index is 0.0207. The molecule has 0 fully saturated rings. The van der Waals surface area contributed by atoms with Crippen molar-refractivity contribution in [2.45, 2.75) is 13.5 Å². The molecular weight excluding hydrogens is 631 g/mol. The lowest BCUT2D eigenvalue weighted by Crippen LogP contribution is -2.13. The number of carbonyl (C=O) groups is 1. The van der Waals surface area contributed by atoms with E-state index in [9.17, 15) is 10.1 Å². The summed E-state index contributed by atoms with van der Waals surface area (Å²) < 4.78 is 13.7. The van der Waals surface area contributed by atoms with Crippen molar-refractivity contribution in [3.8, 4) is 17.6 Å². The number of nitriles is 1. The minimum atomic E-state index is -0.482. The molecule has 4 aromatic carbocycles. The second-order valence-electron chi connectivity index (χ2n) is 7.82. The molecule has 0 heterocycles. The van der Waals surface area contributed by atoms with Crippen LogP contribution in [0.25, 0.3) is 16.8 Å². The zero-order valence-electron chi connectivity index (χ0n) is 19.4. The molecule has 1 amide bonds. The second kappa shape index (κ2) is 12.1. The number of carbonyl (C=O) groups excluding carboxylic acids is 1. The second-order valence-corrected chi connectivity index (χ2v) is 9.92. The first-order chi connectivity index (χ1) is 17.5. The van der Waals surface area contributed by atoms with Gasteiger partial charge in [-0.2, -0.15) is 5.26 Å². The summed E-state index contributed by atoms with van der Waals surface area (Å²) in [4.78, 5) is 12.7. The Morgan fingerprint density at radius 3 is 2.61 bits per heavy atom. The third-order valence-corrected chi connectivity index (χ3v) is 6.60. The summed E-state index contributed by atoms with van der Waals surface area (Å²) in [7, 11) is 0. The van der Waals surface area contributed by atoms with Crippen molar-refractivity contribution < 1.29 is 14.3 Å². The van der Waals surface area contributed by atoms with Gasteiger partial charge in [-0.25, -0.2) is 0 Å². The van der Waals surface area contributed by atoms with Gasteiger partial charge in [-0.3, -0.25) is 4.79 Å². The van der Waals surface area contributed by atoms with Crippen molar-refractivity contribution in [2.75, 3.05) is 11.9 Å². The van der Waals surface area contributed by atoms with Crippen LogP contribution in [0.4, 0.5) is 5.69 Å². The Kier molecular flexibility index (Phi) is 8.62. The Morgan fingerprint density at radius 1 is 1.06 bits per heavy atom. The first-order valence-electron chi connectivity index (χ1n) is 11.2. The highest BCUT2D eigenvalue weighted by molar-refractivity contribution is 14.1. The van der Waals surface area contributed by atoms with Crippen LogP contribution in [-0.2, 0) is 11.4 Å². The third kappa shape index (κ3) is 6.25. The summed E-state index contributed by atoms with van der Waals surface area (Å²) >= 11 is 5.75. The van der Waals surface area contributed by atoms with Crippen LogP contribution in [0, 0.1) is 14.9 Å². The number of nitrogens with zero attached hydrogens (tertiary/aromatic N) is 1. The first kappa shape index (κ1) is 25.7. The molecule has 0 aromatic heterocycles. The predicted octanol–water partition coefficient (Wildman–Crippen LogP) is 7.73. The van der Waals surface area contributed by atoms with Crippen LogP contribution in [0.3, 0.4) is 0 Å². The molecule has 5 nitrogen and oxygen atoms in total. The van der Waals surface area contributed by atoms with E-state index in [1.54, 1.807) is 18.2 Å². The summed E-state index contributed by atoms with van der Waals surface area (Å²) in [5.74, 6) is 0.599. The normalized spacial score (nSPS) is 11.1. The Labute approximate surface area is 232 Å². The number of halogens is 2. The van der Waals surface area contributed by atoms with Crippen LogP contribution in [-0.4, -0.2) is 12.5 Å². The molecule has 0 radical (unpaired) electrons. The van der Waals surface area contributed by atoms with Crippen molar-refractivity contribution in [2.24, 2.45) is 0 Å². The summed E-state index contributed by atoms with van der Waals surface area (Å²) in [5.41, 5.74) is 2.30. The number of benzene rings is 4. The molecule has 180 valence electrons. The Hall–Kier alpha value is -3.35. The molecule has 0 aliphatic heterocycles. The molecule has 4 rings (SSSR count). The van der Waals surface area contributed by atoms with E-state index < -0.39 is 5.91 Å². The summed E-state index contributed by atoms with van der Waals surface area (Å²) in [6.45, 7) is 2.68. The molecule has 0 atom stereocenters. The zero-order valence-corrected chi connectivity index (χ0v) is 23.2. The van der Waals surface area contributed by atoms with Gasteiger partial charge >= 0.3 is 0 Å². The highest BCUT2D eigenvalue weighted by Gasteiger charge is 2.15. The van der Waals surface area contributed by atoms with Crippen molar-refractivity contribution >= 4 is 67.0 Å². The first-order valence-corrected chi connectivity index (χ1v) is 13.1. The van der Waals surface area contributed by atoms with Crippen LogP contribution in [0.5, 0.6) is 11.5 Å². The zero-order chi connectivity index (χ0) is 25.5. The van der Waals surface area contributed by atoms with Crippen LogP contribution in [0.15, 0.2) is 88.9 Å². The van der Waals surface area contributed by atoms with Crippen molar-refractivity contribution in [3.05, 3.63) is 104 Å². The number of ether oxygens (including phenoxy) is 2. The number of fused-ring (bicyclic) bond motifs is 1. The van der Waals surface area contributed by atoms with E-state index in [1.807, 2.05) is 55.5 Å². The lowest BCUT2D eigenvalue weighted by atomic mass is 10.1. The average molecular weight is 653 g/mol. The maximum absolute atomic E-state index is 12.7. The van der Waals surface area contributed by atoms with Crippen molar-refractivity contribution in [3.63, 3.8) is 0 Å². The maximum atomic E-state index is 12.7. The SMILES string of the molecule is CCOc1cc(/C=C(\C#N)C(=O)Nc2cccc(I)c2)cc(Br)c1OCc1cccc2ccccc12. The molecule has 0 spiro atoms. The Bertz CT molecular complexity index is 1490. The van der Waals surface area contributed by atoms with Gasteiger partial charge in [0.05, 0.1) is 11.1 Å². The van der Waals surface area contributed by atoms with Gasteiger partial charge < -0.3 is 14.8 Å². The summed E-state index contributed by atoms with van der Waals surface area (Å²) in [6.07, 6.45) is 1.53. The molecule has 0 saturated carbocycles. The average Bonchev–Trinajstić information content (AvgIpc) is 2.87. The highest BCUT2D eigenvalue weighted by Crippen LogP contribution is 2.38. The fourth-order valence-corrected chi connectivity index (χ4v) is 4.84. The number of nitrogens with one attached hydrogen (secondary N) is 1. The van der Waals surface area contributed by atoms with E-state index in [2.05, 4.69) is 62.0 Å². The number of anilines is 1. The lowest BCUT2D eigenvalue weighted by molar-refractivity contribution is -0.112. The fraction of sp³-hybridized carbons (Fsp3) is 0.103. The molecule has 36 heavy (non-hydrogen) atoms. The number of rotatable bonds is 8. The van der Waals surface area contributed by atoms with E-state index in [0.717, 1.165) is 19.9 Å². The van der Waals surface area contributed by atoms with Crippen LogP contribution >= 0.6 is 38.5 Å². The highest BCUT2D eigenvalue weighted by atomic mass is 127. The molecule has 0 saturated heterocycles. The lowest BCUT2D eigenvalue weighted by Gasteiger charge is -2.16. The monoisotopic (exact) mass is 652 g/mol. The van der Waals surface area contributed by atoms with Gasteiger partial charge in [0.1, 0.15) is 18.2 Å². The molecule has 4 aromatic rings. The van der Waals surface area contributed by atoms with Gasteiger partial charge in [0.2, 0.25) is 0 Å². The van der Waals surface area contributed by atoms with Crippen LogP contribution in [0.1, 0.15) is 18.1 Å². The van der Waals surface area contributed by atoms with Crippen molar-refractivity contribution in [1.82, 2.24) is 0 Å². The molecule has 0 bridgehead atoms. The van der Waals surface area contributed by atoms with E-state index in [4.69, 9.17) is 9.47 Å². The van der Waals surface area contributed by atoms with Gasteiger partial charge in [0.25, 0.3) is 5.91 Å². The summed E-state index contributed by atoms with van der Waals surface area (Å²) in [5, 5.41) is 14.7. The van der Waals surface area contributed by atoms with E-state index >= 15 is 0 Å². The molecule has 0 aliphatic rings. The maximum Gasteiger partial charge on any atom is 0.266 e. The minimum Gasteiger partial charge on any atom is -0.490 e. The quantitative estimate of drug-likeness (QED) is 0.120. The molecule has 1 N–H and O–H groups in total. The van der Waals surface area contributed by atoms with E-state index in [1.165, 1.54) is 6.08 Å². The molecule has 7 heteroatoms. The van der Waals surface area contributed by atoms with Gasteiger partial charge in [0.15, 0.2) is 11.5 Å². The number of hydrogen-bond donors (Lipinski definition) is 1. The van der Waals surface area contributed by atoms with Gasteiger partial charge in [-0.15, -0.1) is 0 Å². The van der Waals surface area contributed by atoms with Gasteiger partial charge in [-0.1, -0.05) is 48.5 Å². The number of amides is 1. The Morgan fingerprint density at radius 2 is 1.83 bits per heavy atom. The largest absolute Gasteiger partial charge is 0.490 e. The van der Waals surface area contributed by atoms with Crippen LogP contribution in [0.2, 0.25) is 0 Å². The standard InChI is InChI=1S/C29H22BrIN2O3/c1-2-35-27-15-19(13-22(17-32)29(34)33-24-11-6-10-23(31)16-24)14-26(30)28(27)36-18-21-9-5-8-20-7-3-4-12-25(20)21/h3-16H,2,18H2,1H3,(H,33,34)/b22-13+. The summed E-state index contributed by atoms with van der Waals surface area (Å²) in [6, 6.07) is 27.2. The van der Waals surface area contributed by atoms with E-state index in [-0.39, 0.29) is 5.57 Å². The van der Waals surface area contributed by atoms with Gasteiger partial charge in [-0.05, 0) is 104 Å². The smallest absolute Gasteiger partial charge is 0.266 e. The predicted molar refractivity (Wildman–Crippen MR) is 155 cm³/mol. The Balaban J connectivity index is 1.59. The third-order valence-electron chi connectivity index (χ3n) is 5.34. The van der Waals surface area contributed by atoms with Crippen LogP contribution < -0.4 is 14.8 Å². The molecular formula is C29H22BrIN2O3. The molecule has 0 aliphatic carbocycles.